The van der Waals surface area contributed by atoms with E-state index in [4.69, 9.17) is 14.2 Å². The maximum Gasteiger partial charge on any atom is 0.253 e. The predicted molar refractivity (Wildman–Crippen MR) is 77.5 cm³/mol. The highest BCUT2D eigenvalue weighted by molar-refractivity contribution is 5.53. The molecule has 1 N–H and O–H groups in total. The molecule has 9 heteroatoms. The van der Waals surface area contributed by atoms with Crippen molar-refractivity contribution >= 4 is 5.69 Å². The number of aromatic nitrogens is 1. The summed E-state index contributed by atoms with van der Waals surface area (Å²) in [6, 6.07) is 3.02. The van der Waals surface area contributed by atoms with E-state index in [2.05, 4.69) is 10.3 Å². The first-order valence-electron chi connectivity index (χ1n) is 6.65. The van der Waals surface area contributed by atoms with Crippen molar-refractivity contribution in [3.8, 4) is 17.2 Å². The maximum absolute atomic E-state index is 13.6. The van der Waals surface area contributed by atoms with Crippen LogP contribution in [-0.2, 0) is 6.54 Å². The van der Waals surface area contributed by atoms with Gasteiger partial charge in [-0.05, 0) is 6.07 Å². The summed E-state index contributed by atoms with van der Waals surface area (Å²) in [7, 11) is 4.23. The van der Waals surface area contributed by atoms with Crippen LogP contribution in [0.2, 0.25) is 0 Å². The standard InChI is InChI=1S/C15H14F4N2O3/c1-22-8-5-10(24-3)9(23-2)4-7(8)6-20-13-11(16)14(18)21-15(19)12(13)17/h4-5H,6H2,1-3H3,(H,20,21). The summed E-state index contributed by atoms with van der Waals surface area (Å²) < 4.78 is 68.8. The Bertz CT molecular complexity index is 730. The topological polar surface area (TPSA) is 52.6 Å². The summed E-state index contributed by atoms with van der Waals surface area (Å²) in [5.74, 6) is -5.65. The number of nitrogens with one attached hydrogen (secondary N) is 1. The van der Waals surface area contributed by atoms with Gasteiger partial charge in [-0.15, -0.1) is 0 Å². The molecule has 0 spiro atoms. The van der Waals surface area contributed by atoms with E-state index in [-0.39, 0.29) is 6.54 Å². The number of rotatable bonds is 6. The molecule has 0 radical (unpaired) electrons. The van der Waals surface area contributed by atoms with Crippen LogP contribution in [0.15, 0.2) is 12.1 Å². The maximum atomic E-state index is 13.6. The Morgan fingerprint density at radius 1 is 0.833 bits per heavy atom. The van der Waals surface area contributed by atoms with Crippen molar-refractivity contribution < 1.29 is 31.8 Å². The van der Waals surface area contributed by atoms with E-state index in [1.807, 2.05) is 0 Å². The van der Waals surface area contributed by atoms with Crippen molar-refractivity contribution in [1.82, 2.24) is 4.98 Å². The lowest BCUT2D eigenvalue weighted by Crippen LogP contribution is -2.10. The lowest BCUT2D eigenvalue weighted by atomic mass is 10.1. The fraction of sp³-hybridized carbons (Fsp3) is 0.267. The monoisotopic (exact) mass is 346 g/mol. The average molecular weight is 346 g/mol. The minimum Gasteiger partial charge on any atom is -0.496 e. The van der Waals surface area contributed by atoms with Gasteiger partial charge < -0.3 is 19.5 Å². The van der Waals surface area contributed by atoms with E-state index in [1.54, 1.807) is 0 Å². The molecule has 0 unspecified atom stereocenters. The third-order valence-corrected chi connectivity index (χ3v) is 3.24. The van der Waals surface area contributed by atoms with Gasteiger partial charge in [0.15, 0.2) is 11.5 Å². The van der Waals surface area contributed by atoms with Crippen LogP contribution in [0, 0.1) is 23.5 Å². The molecule has 0 saturated carbocycles. The molecule has 0 aliphatic rings. The first kappa shape index (κ1) is 17.6. The molecule has 1 heterocycles. The number of halogens is 4. The number of methoxy groups -OCH3 is 3. The number of hydrogen-bond acceptors (Lipinski definition) is 5. The molecule has 24 heavy (non-hydrogen) atoms. The summed E-state index contributed by atoms with van der Waals surface area (Å²) in [6.45, 7) is -0.194. The summed E-state index contributed by atoms with van der Waals surface area (Å²) >= 11 is 0. The van der Waals surface area contributed by atoms with Crippen LogP contribution in [0.5, 0.6) is 17.2 Å². The van der Waals surface area contributed by atoms with Gasteiger partial charge in [0.05, 0.1) is 21.3 Å². The van der Waals surface area contributed by atoms with E-state index in [9.17, 15) is 17.6 Å². The second-order valence-electron chi connectivity index (χ2n) is 4.57. The van der Waals surface area contributed by atoms with E-state index >= 15 is 0 Å². The van der Waals surface area contributed by atoms with Crippen LogP contribution in [0.25, 0.3) is 0 Å². The molecule has 0 aliphatic heterocycles. The molecule has 0 aliphatic carbocycles. The largest absolute Gasteiger partial charge is 0.496 e. The number of benzene rings is 1. The summed E-state index contributed by atoms with van der Waals surface area (Å²) in [6.07, 6.45) is 0. The van der Waals surface area contributed by atoms with E-state index in [0.717, 1.165) is 0 Å². The van der Waals surface area contributed by atoms with Crippen LogP contribution in [0.1, 0.15) is 5.56 Å². The van der Waals surface area contributed by atoms with Crippen molar-refractivity contribution in [2.24, 2.45) is 0 Å². The molecular formula is C15H14F4N2O3. The Morgan fingerprint density at radius 2 is 1.33 bits per heavy atom. The molecule has 0 atom stereocenters. The zero-order valence-electron chi connectivity index (χ0n) is 13.0. The molecule has 0 fully saturated rings. The van der Waals surface area contributed by atoms with Crippen LogP contribution in [0.3, 0.4) is 0 Å². The second-order valence-corrected chi connectivity index (χ2v) is 4.57. The van der Waals surface area contributed by atoms with Crippen LogP contribution >= 0.6 is 0 Å². The van der Waals surface area contributed by atoms with Gasteiger partial charge >= 0.3 is 0 Å². The highest BCUT2D eigenvalue weighted by atomic mass is 19.2. The number of pyridine rings is 1. The lowest BCUT2D eigenvalue weighted by Gasteiger charge is -2.15. The van der Waals surface area contributed by atoms with Crippen molar-refractivity contribution in [3.05, 3.63) is 41.2 Å². The molecule has 1 aromatic heterocycles. The highest BCUT2D eigenvalue weighted by Crippen LogP contribution is 2.35. The molecule has 0 bridgehead atoms. The number of anilines is 1. The van der Waals surface area contributed by atoms with E-state index in [1.165, 1.54) is 33.5 Å². The van der Waals surface area contributed by atoms with Gasteiger partial charge in [-0.1, -0.05) is 0 Å². The van der Waals surface area contributed by atoms with Gasteiger partial charge in [0.25, 0.3) is 11.9 Å². The zero-order valence-corrected chi connectivity index (χ0v) is 13.0. The normalized spacial score (nSPS) is 10.5. The molecule has 2 rings (SSSR count). The SMILES string of the molecule is COc1cc(OC)c(OC)cc1CNc1c(F)c(F)nc(F)c1F. The minimum absolute atomic E-state index is 0.194. The smallest absolute Gasteiger partial charge is 0.253 e. The van der Waals surface area contributed by atoms with Crippen LogP contribution in [0.4, 0.5) is 23.2 Å². The average Bonchev–Trinajstić information content (AvgIpc) is 2.59. The van der Waals surface area contributed by atoms with Crippen LogP contribution in [-0.4, -0.2) is 26.3 Å². The molecule has 5 nitrogen and oxygen atoms in total. The number of hydrogen-bond donors (Lipinski definition) is 1. The van der Waals surface area contributed by atoms with Crippen molar-refractivity contribution in [1.29, 1.82) is 0 Å². The zero-order chi connectivity index (χ0) is 17.9. The van der Waals surface area contributed by atoms with E-state index < -0.39 is 29.2 Å². The van der Waals surface area contributed by atoms with Gasteiger partial charge in [0.2, 0.25) is 11.6 Å². The fourth-order valence-electron chi connectivity index (χ4n) is 2.06. The quantitative estimate of drug-likeness (QED) is 0.643. The lowest BCUT2D eigenvalue weighted by molar-refractivity contribution is 0.347. The van der Waals surface area contributed by atoms with Crippen molar-refractivity contribution in [3.63, 3.8) is 0 Å². The van der Waals surface area contributed by atoms with Crippen molar-refractivity contribution in [2.75, 3.05) is 26.6 Å². The van der Waals surface area contributed by atoms with Gasteiger partial charge in [0, 0.05) is 18.2 Å². The predicted octanol–water partition coefficient (Wildman–Crippen LogP) is 3.28. The Labute approximate surface area is 135 Å². The third kappa shape index (κ3) is 3.29. The molecule has 2 aromatic rings. The Hall–Kier alpha value is -2.71. The number of ether oxygens (including phenoxy) is 3. The van der Waals surface area contributed by atoms with Gasteiger partial charge in [-0.25, -0.2) is 0 Å². The van der Waals surface area contributed by atoms with Crippen LogP contribution < -0.4 is 19.5 Å². The Morgan fingerprint density at radius 3 is 1.83 bits per heavy atom. The minimum atomic E-state index is -1.74. The first-order chi connectivity index (χ1) is 11.4. The third-order valence-electron chi connectivity index (χ3n) is 3.24. The summed E-state index contributed by atoms with van der Waals surface area (Å²) in [4.78, 5) is 2.49. The van der Waals surface area contributed by atoms with E-state index in [0.29, 0.717) is 22.8 Å². The van der Waals surface area contributed by atoms with Gasteiger partial charge in [-0.2, -0.15) is 22.5 Å². The molecular weight excluding hydrogens is 332 g/mol. The molecule has 1 aromatic carbocycles. The highest BCUT2D eigenvalue weighted by Gasteiger charge is 2.21. The van der Waals surface area contributed by atoms with Gasteiger partial charge in [-0.3, -0.25) is 0 Å². The van der Waals surface area contributed by atoms with Gasteiger partial charge in [0.1, 0.15) is 11.4 Å². The second kappa shape index (κ2) is 7.24. The number of nitrogens with zero attached hydrogens (tertiary/aromatic N) is 1. The first-order valence-corrected chi connectivity index (χ1v) is 6.65. The van der Waals surface area contributed by atoms with Crippen molar-refractivity contribution in [2.45, 2.75) is 6.54 Å². The molecule has 130 valence electrons. The fourth-order valence-corrected chi connectivity index (χ4v) is 2.06. The molecule has 0 amide bonds. The molecule has 0 saturated heterocycles. The Balaban J connectivity index is 2.36. The summed E-state index contributed by atoms with van der Waals surface area (Å²) in [5, 5.41) is 2.30. The summed E-state index contributed by atoms with van der Waals surface area (Å²) in [5.41, 5.74) is -0.539. The Kier molecular flexibility index (Phi) is 5.32.